The van der Waals surface area contributed by atoms with Gasteiger partial charge in [-0.2, -0.15) is 0 Å². The van der Waals surface area contributed by atoms with E-state index in [-0.39, 0.29) is 17.9 Å². The van der Waals surface area contributed by atoms with Crippen LogP contribution >= 0.6 is 0 Å². The second-order valence-electron chi connectivity index (χ2n) is 6.00. The quantitative estimate of drug-likeness (QED) is 0.902. The Morgan fingerprint density at radius 2 is 2.04 bits per heavy atom. The third-order valence-corrected chi connectivity index (χ3v) is 4.27. The molecule has 0 spiro atoms. The van der Waals surface area contributed by atoms with Crippen LogP contribution in [0.4, 0.5) is 14.9 Å². The van der Waals surface area contributed by atoms with Gasteiger partial charge in [0.05, 0.1) is 6.04 Å². The summed E-state index contributed by atoms with van der Waals surface area (Å²) >= 11 is 0. The SMILES string of the molecule is CC[C@H](NC(=O)Nc1ccc(F)cc1)c1nnc2n1CCCCC2. The van der Waals surface area contributed by atoms with Crippen molar-refractivity contribution in [3.8, 4) is 0 Å². The number of carbonyl (C=O) groups is 1. The summed E-state index contributed by atoms with van der Waals surface area (Å²) in [4.78, 5) is 12.2. The molecule has 7 heteroatoms. The molecule has 1 aromatic carbocycles. The van der Waals surface area contributed by atoms with E-state index in [0.717, 1.165) is 43.9 Å². The summed E-state index contributed by atoms with van der Waals surface area (Å²) in [5, 5.41) is 14.2. The van der Waals surface area contributed by atoms with Crippen LogP contribution in [0.1, 0.15) is 50.3 Å². The summed E-state index contributed by atoms with van der Waals surface area (Å²) in [7, 11) is 0. The number of hydrogen-bond donors (Lipinski definition) is 2. The maximum atomic E-state index is 12.9. The van der Waals surface area contributed by atoms with Crippen LogP contribution in [-0.2, 0) is 13.0 Å². The number of fused-ring (bicyclic) bond motifs is 1. The molecule has 0 saturated carbocycles. The van der Waals surface area contributed by atoms with Gasteiger partial charge in [0.2, 0.25) is 0 Å². The molecule has 24 heavy (non-hydrogen) atoms. The highest BCUT2D eigenvalue weighted by atomic mass is 19.1. The Labute approximate surface area is 140 Å². The van der Waals surface area contributed by atoms with E-state index in [1.165, 1.54) is 30.7 Å². The van der Waals surface area contributed by atoms with E-state index >= 15 is 0 Å². The summed E-state index contributed by atoms with van der Waals surface area (Å²) in [6, 6.07) is 5.14. The summed E-state index contributed by atoms with van der Waals surface area (Å²) in [6.45, 7) is 2.90. The lowest BCUT2D eigenvalue weighted by molar-refractivity contribution is 0.247. The van der Waals surface area contributed by atoms with Gasteiger partial charge in [0, 0.05) is 18.7 Å². The average molecular weight is 331 g/mol. The monoisotopic (exact) mass is 331 g/mol. The molecule has 1 aliphatic rings. The Morgan fingerprint density at radius 1 is 1.25 bits per heavy atom. The number of urea groups is 1. The molecule has 3 rings (SSSR count). The minimum atomic E-state index is -0.335. The normalized spacial score (nSPS) is 15.2. The maximum absolute atomic E-state index is 12.9. The number of aryl methyl sites for hydroxylation is 1. The van der Waals surface area contributed by atoms with Gasteiger partial charge in [0.15, 0.2) is 5.82 Å². The molecular weight excluding hydrogens is 309 g/mol. The molecule has 1 aliphatic heterocycles. The molecule has 2 heterocycles. The van der Waals surface area contributed by atoms with Gasteiger partial charge in [-0.1, -0.05) is 13.3 Å². The van der Waals surface area contributed by atoms with Crippen molar-refractivity contribution < 1.29 is 9.18 Å². The molecule has 1 atom stereocenters. The van der Waals surface area contributed by atoms with Crippen LogP contribution in [0.15, 0.2) is 24.3 Å². The Morgan fingerprint density at radius 3 is 2.79 bits per heavy atom. The van der Waals surface area contributed by atoms with E-state index in [0.29, 0.717) is 5.69 Å². The molecule has 0 aliphatic carbocycles. The fraction of sp³-hybridized carbons (Fsp3) is 0.471. The Kier molecular flexibility index (Phi) is 5.08. The van der Waals surface area contributed by atoms with Gasteiger partial charge in [-0.15, -0.1) is 10.2 Å². The zero-order valence-corrected chi connectivity index (χ0v) is 13.8. The lowest BCUT2D eigenvalue weighted by Crippen LogP contribution is -2.34. The fourth-order valence-corrected chi connectivity index (χ4v) is 2.97. The molecule has 1 aromatic heterocycles. The summed E-state index contributed by atoms with van der Waals surface area (Å²) in [6.07, 6.45) is 5.09. The third kappa shape index (κ3) is 3.72. The molecule has 0 bridgehead atoms. The van der Waals surface area contributed by atoms with Crippen molar-refractivity contribution in [2.45, 2.75) is 51.6 Å². The van der Waals surface area contributed by atoms with Crippen molar-refractivity contribution in [3.05, 3.63) is 41.7 Å². The minimum absolute atomic E-state index is 0.204. The Hall–Kier alpha value is -2.44. The van der Waals surface area contributed by atoms with Crippen molar-refractivity contribution in [1.82, 2.24) is 20.1 Å². The number of aromatic nitrogens is 3. The van der Waals surface area contributed by atoms with Crippen molar-refractivity contribution in [2.75, 3.05) is 5.32 Å². The fourth-order valence-electron chi connectivity index (χ4n) is 2.97. The number of benzene rings is 1. The molecular formula is C17H22FN5O. The van der Waals surface area contributed by atoms with E-state index in [4.69, 9.17) is 0 Å². The first-order valence-electron chi connectivity index (χ1n) is 8.42. The molecule has 0 saturated heterocycles. The first-order chi connectivity index (χ1) is 11.7. The van der Waals surface area contributed by atoms with Crippen LogP contribution in [0.25, 0.3) is 0 Å². The molecule has 2 N–H and O–H groups in total. The number of hydrogen-bond acceptors (Lipinski definition) is 3. The first kappa shape index (κ1) is 16.4. The van der Waals surface area contributed by atoms with E-state index in [2.05, 4.69) is 25.4 Å². The Balaban J connectivity index is 1.69. The molecule has 2 aromatic rings. The third-order valence-electron chi connectivity index (χ3n) is 4.27. The maximum Gasteiger partial charge on any atom is 0.319 e. The molecule has 2 amide bonds. The number of halogens is 1. The van der Waals surface area contributed by atoms with Crippen LogP contribution in [0, 0.1) is 5.82 Å². The molecule has 0 radical (unpaired) electrons. The Bertz CT molecular complexity index is 698. The van der Waals surface area contributed by atoms with Crippen LogP contribution < -0.4 is 10.6 Å². The van der Waals surface area contributed by atoms with E-state index in [1.54, 1.807) is 0 Å². The highest BCUT2D eigenvalue weighted by Gasteiger charge is 2.22. The molecule has 0 unspecified atom stereocenters. The van der Waals surface area contributed by atoms with Crippen molar-refractivity contribution in [1.29, 1.82) is 0 Å². The number of nitrogens with one attached hydrogen (secondary N) is 2. The van der Waals surface area contributed by atoms with Crippen LogP contribution in [0.2, 0.25) is 0 Å². The van der Waals surface area contributed by atoms with Gasteiger partial charge >= 0.3 is 6.03 Å². The van der Waals surface area contributed by atoms with Crippen LogP contribution in [0.3, 0.4) is 0 Å². The number of amides is 2. The lowest BCUT2D eigenvalue weighted by Gasteiger charge is -2.18. The summed E-state index contributed by atoms with van der Waals surface area (Å²) in [5.41, 5.74) is 0.545. The largest absolute Gasteiger partial charge is 0.328 e. The van der Waals surface area contributed by atoms with Gasteiger partial charge in [0.25, 0.3) is 0 Å². The van der Waals surface area contributed by atoms with Crippen LogP contribution in [0.5, 0.6) is 0 Å². The van der Waals surface area contributed by atoms with Crippen molar-refractivity contribution in [3.63, 3.8) is 0 Å². The first-order valence-corrected chi connectivity index (χ1v) is 8.42. The number of rotatable bonds is 4. The smallest absolute Gasteiger partial charge is 0.319 e. The zero-order valence-electron chi connectivity index (χ0n) is 13.8. The van der Waals surface area contributed by atoms with E-state index in [9.17, 15) is 9.18 Å². The van der Waals surface area contributed by atoms with E-state index < -0.39 is 0 Å². The average Bonchev–Trinajstić information content (AvgIpc) is 2.83. The molecule has 128 valence electrons. The molecule has 0 fully saturated rings. The topological polar surface area (TPSA) is 71.8 Å². The van der Waals surface area contributed by atoms with Gasteiger partial charge in [-0.25, -0.2) is 9.18 Å². The highest BCUT2D eigenvalue weighted by Crippen LogP contribution is 2.21. The second kappa shape index (κ2) is 7.42. The van der Waals surface area contributed by atoms with Gasteiger partial charge in [0.1, 0.15) is 11.6 Å². The van der Waals surface area contributed by atoms with E-state index in [1.807, 2.05) is 6.92 Å². The summed E-state index contributed by atoms with van der Waals surface area (Å²) < 4.78 is 15.1. The van der Waals surface area contributed by atoms with Crippen molar-refractivity contribution in [2.24, 2.45) is 0 Å². The second-order valence-corrected chi connectivity index (χ2v) is 6.00. The predicted molar refractivity (Wildman–Crippen MR) is 89.2 cm³/mol. The highest BCUT2D eigenvalue weighted by molar-refractivity contribution is 5.89. The van der Waals surface area contributed by atoms with Crippen molar-refractivity contribution >= 4 is 11.7 Å². The number of carbonyl (C=O) groups excluding carboxylic acids is 1. The van der Waals surface area contributed by atoms with Gasteiger partial charge in [-0.05, 0) is 43.5 Å². The molecule has 6 nitrogen and oxygen atoms in total. The number of anilines is 1. The predicted octanol–water partition coefficient (Wildman–Crippen LogP) is 3.42. The van der Waals surface area contributed by atoms with Gasteiger partial charge in [-0.3, -0.25) is 0 Å². The minimum Gasteiger partial charge on any atom is -0.328 e. The number of nitrogens with zero attached hydrogens (tertiary/aromatic N) is 3. The summed E-state index contributed by atoms with van der Waals surface area (Å²) in [5.74, 6) is 1.48. The van der Waals surface area contributed by atoms with Gasteiger partial charge < -0.3 is 15.2 Å². The van der Waals surface area contributed by atoms with Crippen LogP contribution in [-0.4, -0.2) is 20.8 Å². The standard InChI is InChI=1S/C17H22FN5O/c1-2-14(16-22-21-15-6-4-3-5-11-23(15)16)20-17(24)19-13-9-7-12(18)8-10-13/h7-10,14H,2-6,11H2,1H3,(H2,19,20,24)/t14-/m0/s1. The lowest BCUT2D eigenvalue weighted by atomic mass is 10.2. The zero-order chi connectivity index (χ0) is 16.9.